The molecule has 1 unspecified atom stereocenters. The van der Waals surface area contributed by atoms with Crippen molar-refractivity contribution < 1.29 is 13.5 Å². The van der Waals surface area contributed by atoms with E-state index in [4.69, 9.17) is 14.9 Å². The Bertz CT molecular complexity index is 264. The van der Waals surface area contributed by atoms with Crippen molar-refractivity contribution in [3.05, 3.63) is 24.2 Å². The summed E-state index contributed by atoms with van der Waals surface area (Å²) in [6.45, 7) is 0.571. The van der Waals surface area contributed by atoms with Crippen molar-refractivity contribution >= 4 is 0 Å². The Morgan fingerprint density at radius 2 is 2.40 bits per heavy atom. The van der Waals surface area contributed by atoms with Gasteiger partial charge in [-0.15, -0.1) is 0 Å². The van der Waals surface area contributed by atoms with Gasteiger partial charge >= 0.3 is 0 Å². The Morgan fingerprint density at radius 3 is 2.93 bits per heavy atom. The minimum absolute atomic E-state index is 0.0771. The lowest BCUT2D eigenvalue weighted by Crippen LogP contribution is -2.32. The van der Waals surface area contributed by atoms with Gasteiger partial charge in [0.15, 0.2) is 0 Å². The molecule has 1 rings (SSSR count). The lowest BCUT2D eigenvalue weighted by atomic mass is 9.95. The van der Waals surface area contributed by atoms with Crippen LogP contribution in [-0.2, 0) is 11.2 Å². The van der Waals surface area contributed by atoms with Crippen LogP contribution in [-0.4, -0.2) is 25.9 Å². The zero-order valence-corrected chi connectivity index (χ0v) is 9.04. The second-order valence-corrected chi connectivity index (χ2v) is 3.73. The molecule has 0 aromatic carbocycles. The molecule has 1 heterocycles. The predicted molar refractivity (Wildman–Crippen MR) is 56.4 cm³/mol. The Labute approximate surface area is 89.4 Å². The highest BCUT2D eigenvalue weighted by atomic mass is 19.1. The highest BCUT2D eigenvalue weighted by molar-refractivity contribution is 5.03. The first-order valence-corrected chi connectivity index (χ1v) is 5.10. The van der Waals surface area contributed by atoms with Crippen LogP contribution in [0.4, 0.5) is 4.39 Å². The van der Waals surface area contributed by atoms with Crippen molar-refractivity contribution in [2.24, 2.45) is 5.73 Å². The summed E-state index contributed by atoms with van der Waals surface area (Å²) in [5, 5.41) is 0. The smallest absolute Gasteiger partial charge is 0.141 e. The minimum Gasteiger partial charge on any atom is -0.469 e. The SMILES string of the molecule is COCC(F)(CCCN)Cc1ccco1. The summed E-state index contributed by atoms with van der Waals surface area (Å²) in [4.78, 5) is 0. The standard InChI is InChI=1S/C11H18FNO2/c1-14-9-11(12,5-3-6-13)8-10-4-2-7-15-10/h2,4,7H,3,5-6,8-9,13H2,1H3. The molecule has 1 atom stereocenters. The van der Waals surface area contributed by atoms with Crippen LogP contribution in [0.5, 0.6) is 0 Å². The van der Waals surface area contributed by atoms with Gasteiger partial charge in [0, 0.05) is 13.5 Å². The third kappa shape index (κ3) is 4.01. The van der Waals surface area contributed by atoms with Gasteiger partial charge in [-0.2, -0.15) is 0 Å². The maximum Gasteiger partial charge on any atom is 0.141 e. The molecule has 0 spiro atoms. The minimum atomic E-state index is -1.37. The molecule has 0 saturated carbocycles. The van der Waals surface area contributed by atoms with Gasteiger partial charge in [-0.3, -0.25) is 0 Å². The zero-order valence-electron chi connectivity index (χ0n) is 9.04. The highest BCUT2D eigenvalue weighted by Gasteiger charge is 2.30. The first kappa shape index (κ1) is 12.2. The molecule has 1 aromatic rings. The van der Waals surface area contributed by atoms with Crippen molar-refractivity contribution in [2.75, 3.05) is 20.3 Å². The van der Waals surface area contributed by atoms with Crippen molar-refractivity contribution in [1.82, 2.24) is 0 Å². The Balaban J connectivity index is 2.55. The van der Waals surface area contributed by atoms with Crippen LogP contribution in [0.1, 0.15) is 18.6 Å². The van der Waals surface area contributed by atoms with E-state index in [0.717, 1.165) is 0 Å². The predicted octanol–water partition coefficient (Wildman–Crippen LogP) is 1.92. The third-order valence-corrected chi connectivity index (χ3v) is 2.30. The van der Waals surface area contributed by atoms with Crippen LogP contribution >= 0.6 is 0 Å². The fraction of sp³-hybridized carbons (Fsp3) is 0.636. The molecular formula is C11H18FNO2. The van der Waals surface area contributed by atoms with E-state index in [-0.39, 0.29) is 13.0 Å². The van der Waals surface area contributed by atoms with E-state index in [1.54, 1.807) is 18.4 Å². The quantitative estimate of drug-likeness (QED) is 0.756. The summed E-state index contributed by atoms with van der Waals surface area (Å²) in [6.07, 6.45) is 2.85. The second kappa shape index (κ2) is 5.88. The summed E-state index contributed by atoms with van der Waals surface area (Å²) < 4.78 is 24.3. The summed E-state index contributed by atoms with van der Waals surface area (Å²) in [7, 11) is 1.50. The number of rotatable bonds is 7. The molecule has 0 aliphatic carbocycles. The van der Waals surface area contributed by atoms with Gasteiger partial charge in [-0.1, -0.05) is 0 Å². The van der Waals surface area contributed by atoms with E-state index in [9.17, 15) is 4.39 Å². The summed E-state index contributed by atoms with van der Waals surface area (Å²) in [5.41, 5.74) is 4.01. The van der Waals surface area contributed by atoms with Crippen LogP contribution < -0.4 is 5.73 Å². The molecule has 15 heavy (non-hydrogen) atoms. The van der Waals surface area contributed by atoms with Gasteiger partial charge in [0.05, 0.1) is 12.9 Å². The van der Waals surface area contributed by atoms with E-state index in [0.29, 0.717) is 25.1 Å². The molecule has 86 valence electrons. The highest BCUT2D eigenvalue weighted by Crippen LogP contribution is 2.24. The molecule has 0 amide bonds. The molecule has 0 saturated heterocycles. The Morgan fingerprint density at radius 1 is 1.60 bits per heavy atom. The lowest BCUT2D eigenvalue weighted by Gasteiger charge is -2.23. The molecule has 0 aliphatic rings. The van der Waals surface area contributed by atoms with E-state index < -0.39 is 5.67 Å². The van der Waals surface area contributed by atoms with Gasteiger partial charge in [0.1, 0.15) is 11.4 Å². The van der Waals surface area contributed by atoms with Gasteiger partial charge < -0.3 is 14.9 Å². The third-order valence-electron chi connectivity index (χ3n) is 2.30. The van der Waals surface area contributed by atoms with Crippen LogP contribution in [0.15, 0.2) is 22.8 Å². The summed E-state index contributed by atoms with van der Waals surface area (Å²) >= 11 is 0. The van der Waals surface area contributed by atoms with E-state index in [1.807, 2.05) is 0 Å². The largest absolute Gasteiger partial charge is 0.469 e. The van der Waals surface area contributed by atoms with Crippen LogP contribution in [0.3, 0.4) is 0 Å². The first-order valence-electron chi connectivity index (χ1n) is 5.10. The molecule has 2 N–H and O–H groups in total. The molecule has 3 nitrogen and oxygen atoms in total. The van der Waals surface area contributed by atoms with Crippen molar-refractivity contribution in [3.63, 3.8) is 0 Å². The van der Waals surface area contributed by atoms with Crippen LogP contribution in [0.25, 0.3) is 0 Å². The summed E-state index contributed by atoms with van der Waals surface area (Å²) in [5.74, 6) is 0.645. The van der Waals surface area contributed by atoms with Gasteiger partial charge in [0.25, 0.3) is 0 Å². The molecule has 0 bridgehead atoms. The normalized spacial score (nSPS) is 15.1. The van der Waals surface area contributed by atoms with Gasteiger partial charge in [0.2, 0.25) is 0 Å². The van der Waals surface area contributed by atoms with Crippen molar-refractivity contribution in [3.8, 4) is 0 Å². The summed E-state index contributed by atoms with van der Waals surface area (Å²) in [6, 6.07) is 3.53. The molecule has 0 aliphatic heterocycles. The number of hydrogen-bond acceptors (Lipinski definition) is 3. The number of furan rings is 1. The number of alkyl halides is 1. The number of ether oxygens (including phenoxy) is 1. The van der Waals surface area contributed by atoms with Crippen LogP contribution in [0, 0.1) is 0 Å². The Hall–Kier alpha value is -0.870. The second-order valence-electron chi connectivity index (χ2n) is 3.73. The molecule has 4 heteroatoms. The molecule has 0 radical (unpaired) electrons. The maximum atomic E-state index is 14.3. The lowest BCUT2D eigenvalue weighted by molar-refractivity contribution is 0.0298. The van der Waals surface area contributed by atoms with Crippen LogP contribution in [0.2, 0.25) is 0 Å². The average Bonchev–Trinajstić information content (AvgIpc) is 2.68. The van der Waals surface area contributed by atoms with Gasteiger partial charge in [-0.05, 0) is 31.5 Å². The monoisotopic (exact) mass is 215 g/mol. The van der Waals surface area contributed by atoms with Crippen molar-refractivity contribution in [1.29, 1.82) is 0 Å². The van der Waals surface area contributed by atoms with E-state index in [1.165, 1.54) is 7.11 Å². The van der Waals surface area contributed by atoms with Crippen molar-refractivity contribution in [2.45, 2.75) is 24.9 Å². The average molecular weight is 215 g/mol. The number of nitrogens with two attached hydrogens (primary N) is 1. The molecule has 0 fully saturated rings. The number of methoxy groups -OCH3 is 1. The fourth-order valence-electron chi connectivity index (χ4n) is 1.61. The molecule has 1 aromatic heterocycles. The topological polar surface area (TPSA) is 48.4 Å². The number of halogens is 1. The van der Waals surface area contributed by atoms with E-state index >= 15 is 0 Å². The fourth-order valence-corrected chi connectivity index (χ4v) is 1.61. The van der Waals surface area contributed by atoms with Gasteiger partial charge in [-0.25, -0.2) is 4.39 Å². The maximum absolute atomic E-state index is 14.3. The van der Waals surface area contributed by atoms with E-state index in [2.05, 4.69) is 0 Å². The number of hydrogen-bond donors (Lipinski definition) is 1. The zero-order chi connectivity index (χ0) is 11.1. The Kier molecular flexibility index (Phi) is 4.78. The molecular weight excluding hydrogens is 197 g/mol. The first-order chi connectivity index (χ1) is 7.20.